The van der Waals surface area contributed by atoms with Gasteiger partial charge in [-0.3, -0.25) is 0 Å². The highest BCUT2D eigenvalue weighted by Crippen LogP contribution is 2.42. The molecule has 1 aliphatic rings. The van der Waals surface area contributed by atoms with E-state index in [1.807, 2.05) is 12.1 Å². The fourth-order valence-electron chi connectivity index (χ4n) is 2.54. The van der Waals surface area contributed by atoms with Gasteiger partial charge in [0.05, 0.1) is 12.4 Å². The number of nitrogens with one attached hydrogen (secondary N) is 1. The van der Waals surface area contributed by atoms with E-state index in [1.54, 1.807) is 6.26 Å². The van der Waals surface area contributed by atoms with Gasteiger partial charge in [0.15, 0.2) is 0 Å². The fourth-order valence-corrected chi connectivity index (χ4v) is 2.54. The highest BCUT2D eigenvalue weighted by molar-refractivity contribution is 5.04. The first-order valence-electron chi connectivity index (χ1n) is 6.52. The van der Waals surface area contributed by atoms with E-state index in [0.29, 0.717) is 12.1 Å². The molecule has 2 unspecified atom stereocenters. The van der Waals surface area contributed by atoms with Crippen molar-refractivity contribution >= 4 is 0 Å². The molecular formula is C14H23NO2. The van der Waals surface area contributed by atoms with E-state index in [2.05, 4.69) is 26.1 Å². The molecule has 1 N–H and O–H groups in total. The van der Waals surface area contributed by atoms with Crippen LogP contribution in [-0.4, -0.2) is 25.3 Å². The minimum absolute atomic E-state index is 0.249. The molecule has 96 valence electrons. The molecule has 17 heavy (non-hydrogen) atoms. The second-order valence-corrected chi connectivity index (χ2v) is 5.34. The lowest BCUT2D eigenvalue weighted by Gasteiger charge is -2.52. The number of rotatable bonds is 6. The van der Waals surface area contributed by atoms with Crippen molar-refractivity contribution in [3.05, 3.63) is 24.2 Å². The molecule has 3 heteroatoms. The maximum atomic E-state index is 5.72. The average molecular weight is 237 g/mol. The summed E-state index contributed by atoms with van der Waals surface area (Å²) in [6, 6.07) is 4.53. The molecule has 1 aliphatic carbocycles. The lowest BCUT2D eigenvalue weighted by atomic mass is 9.64. The van der Waals surface area contributed by atoms with Crippen molar-refractivity contribution in [2.75, 3.05) is 13.2 Å². The molecule has 0 aliphatic heterocycles. The molecule has 2 rings (SSSR count). The van der Waals surface area contributed by atoms with Gasteiger partial charge in [-0.2, -0.15) is 0 Å². The zero-order valence-electron chi connectivity index (χ0n) is 11.0. The van der Waals surface area contributed by atoms with Crippen LogP contribution < -0.4 is 5.32 Å². The second-order valence-electron chi connectivity index (χ2n) is 5.34. The summed E-state index contributed by atoms with van der Waals surface area (Å²) in [5.41, 5.74) is 0.249. The van der Waals surface area contributed by atoms with Gasteiger partial charge in [-0.25, -0.2) is 0 Å². The molecule has 0 radical (unpaired) electrons. The van der Waals surface area contributed by atoms with E-state index in [0.717, 1.165) is 31.8 Å². The van der Waals surface area contributed by atoms with Crippen LogP contribution in [0.3, 0.4) is 0 Å². The predicted octanol–water partition coefficient (Wildman–Crippen LogP) is 2.62. The van der Waals surface area contributed by atoms with Crippen LogP contribution in [0.4, 0.5) is 0 Å². The second kappa shape index (κ2) is 5.23. The van der Waals surface area contributed by atoms with Crippen molar-refractivity contribution in [2.45, 2.75) is 45.8 Å². The van der Waals surface area contributed by atoms with Gasteiger partial charge in [-0.15, -0.1) is 0 Å². The summed E-state index contributed by atoms with van der Waals surface area (Å²) in [6.45, 7) is 8.41. The zero-order chi connectivity index (χ0) is 12.3. The number of furan rings is 1. The van der Waals surface area contributed by atoms with E-state index in [4.69, 9.17) is 9.15 Å². The van der Waals surface area contributed by atoms with Gasteiger partial charge in [-0.05, 0) is 25.5 Å². The lowest BCUT2D eigenvalue weighted by Crippen LogP contribution is -2.61. The molecule has 3 nitrogen and oxygen atoms in total. The molecule has 1 heterocycles. The minimum atomic E-state index is 0.249. The maximum Gasteiger partial charge on any atom is 0.105 e. The first-order valence-corrected chi connectivity index (χ1v) is 6.52. The van der Waals surface area contributed by atoms with Crippen LogP contribution in [0.2, 0.25) is 0 Å². The smallest absolute Gasteiger partial charge is 0.105 e. The van der Waals surface area contributed by atoms with Crippen LogP contribution in [0.1, 0.15) is 33.0 Å². The third-order valence-electron chi connectivity index (χ3n) is 3.89. The van der Waals surface area contributed by atoms with Crippen LogP contribution in [0.5, 0.6) is 0 Å². The van der Waals surface area contributed by atoms with Gasteiger partial charge >= 0.3 is 0 Å². The van der Waals surface area contributed by atoms with Crippen LogP contribution in [0, 0.1) is 5.41 Å². The third-order valence-corrected chi connectivity index (χ3v) is 3.89. The quantitative estimate of drug-likeness (QED) is 0.826. The first kappa shape index (κ1) is 12.7. The standard InChI is InChI=1S/C14H23NO2/c1-4-16-13-10-12(14(13,2)3)15-8-7-11-6-5-9-17-11/h5-6,9,12-13,15H,4,7-8,10H2,1-3H3. The monoisotopic (exact) mass is 237 g/mol. The molecule has 1 saturated carbocycles. The van der Waals surface area contributed by atoms with E-state index < -0.39 is 0 Å². The van der Waals surface area contributed by atoms with Crippen LogP contribution >= 0.6 is 0 Å². The summed E-state index contributed by atoms with van der Waals surface area (Å²) in [6.07, 6.45) is 4.22. The molecule has 0 spiro atoms. The number of hydrogen-bond donors (Lipinski definition) is 1. The molecule has 0 saturated heterocycles. The SMILES string of the molecule is CCOC1CC(NCCc2ccco2)C1(C)C. The van der Waals surface area contributed by atoms with Crippen LogP contribution in [0.25, 0.3) is 0 Å². The molecule has 1 aromatic rings. The maximum absolute atomic E-state index is 5.72. The van der Waals surface area contributed by atoms with Gasteiger partial charge in [-0.1, -0.05) is 13.8 Å². The molecule has 1 fully saturated rings. The first-order chi connectivity index (χ1) is 8.14. The summed E-state index contributed by atoms with van der Waals surface area (Å²) in [5.74, 6) is 1.05. The van der Waals surface area contributed by atoms with Crippen molar-refractivity contribution in [3.63, 3.8) is 0 Å². The normalized spacial score (nSPS) is 26.8. The van der Waals surface area contributed by atoms with Gasteiger partial charge in [0, 0.05) is 31.0 Å². The van der Waals surface area contributed by atoms with Gasteiger partial charge in [0.25, 0.3) is 0 Å². The lowest BCUT2D eigenvalue weighted by molar-refractivity contribution is -0.113. The minimum Gasteiger partial charge on any atom is -0.469 e. The average Bonchev–Trinajstić information content (AvgIpc) is 2.80. The highest BCUT2D eigenvalue weighted by atomic mass is 16.5. The predicted molar refractivity (Wildman–Crippen MR) is 68.0 cm³/mol. The Morgan fingerprint density at radius 3 is 2.94 bits per heavy atom. The Balaban J connectivity index is 1.71. The molecule has 2 atom stereocenters. The number of hydrogen-bond acceptors (Lipinski definition) is 3. The van der Waals surface area contributed by atoms with Crippen molar-refractivity contribution in [1.29, 1.82) is 0 Å². The Hall–Kier alpha value is -0.800. The number of ether oxygens (including phenoxy) is 1. The Labute approximate surface area is 104 Å². The fraction of sp³-hybridized carbons (Fsp3) is 0.714. The largest absolute Gasteiger partial charge is 0.469 e. The summed E-state index contributed by atoms with van der Waals surface area (Å²) in [7, 11) is 0. The molecule has 0 aromatic carbocycles. The van der Waals surface area contributed by atoms with Crippen molar-refractivity contribution in [3.8, 4) is 0 Å². The van der Waals surface area contributed by atoms with E-state index in [-0.39, 0.29) is 5.41 Å². The Morgan fingerprint density at radius 1 is 1.53 bits per heavy atom. The summed E-state index contributed by atoms with van der Waals surface area (Å²) in [5, 5.41) is 3.60. The van der Waals surface area contributed by atoms with Crippen molar-refractivity contribution in [2.24, 2.45) is 5.41 Å². The van der Waals surface area contributed by atoms with Gasteiger partial charge < -0.3 is 14.5 Å². The van der Waals surface area contributed by atoms with Gasteiger partial charge in [0.2, 0.25) is 0 Å². The Kier molecular flexibility index (Phi) is 3.89. The Bertz CT molecular complexity index is 332. The zero-order valence-corrected chi connectivity index (χ0v) is 11.0. The molecular weight excluding hydrogens is 214 g/mol. The highest BCUT2D eigenvalue weighted by Gasteiger charge is 2.48. The summed E-state index contributed by atoms with van der Waals surface area (Å²) < 4.78 is 11.0. The topological polar surface area (TPSA) is 34.4 Å². The Morgan fingerprint density at radius 2 is 2.35 bits per heavy atom. The molecule has 0 amide bonds. The van der Waals surface area contributed by atoms with E-state index >= 15 is 0 Å². The van der Waals surface area contributed by atoms with E-state index in [1.165, 1.54) is 0 Å². The van der Waals surface area contributed by atoms with Crippen LogP contribution in [0.15, 0.2) is 22.8 Å². The van der Waals surface area contributed by atoms with E-state index in [9.17, 15) is 0 Å². The van der Waals surface area contributed by atoms with Crippen molar-refractivity contribution < 1.29 is 9.15 Å². The molecule has 1 aromatic heterocycles. The third kappa shape index (κ3) is 2.72. The molecule has 0 bridgehead atoms. The van der Waals surface area contributed by atoms with Gasteiger partial charge in [0.1, 0.15) is 5.76 Å². The summed E-state index contributed by atoms with van der Waals surface area (Å²) >= 11 is 0. The summed E-state index contributed by atoms with van der Waals surface area (Å²) in [4.78, 5) is 0. The van der Waals surface area contributed by atoms with Crippen molar-refractivity contribution in [1.82, 2.24) is 5.32 Å². The van der Waals surface area contributed by atoms with Crippen LogP contribution in [-0.2, 0) is 11.2 Å².